The number of aryl methyl sites for hydroxylation is 2. The lowest BCUT2D eigenvalue weighted by atomic mass is 10.0. The third-order valence-corrected chi connectivity index (χ3v) is 3.42. The van der Waals surface area contributed by atoms with E-state index in [4.69, 9.17) is 0 Å². The molecule has 0 aliphatic rings. The van der Waals surface area contributed by atoms with Crippen molar-refractivity contribution in [3.8, 4) is 0 Å². The van der Waals surface area contributed by atoms with E-state index < -0.39 is 6.10 Å². The highest BCUT2D eigenvalue weighted by atomic mass is 16.3. The SMILES string of the molecule is Cc1cc(C(O)Cc2ncnn2C)c2ccccc2n1. The first-order chi connectivity index (χ1) is 9.65. The van der Waals surface area contributed by atoms with Crippen LogP contribution >= 0.6 is 0 Å². The van der Waals surface area contributed by atoms with Crippen molar-refractivity contribution in [2.45, 2.75) is 19.4 Å². The molecule has 0 spiro atoms. The molecule has 5 nitrogen and oxygen atoms in total. The summed E-state index contributed by atoms with van der Waals surface area (Å²) in [7, 11) is 1.82. The zero-order valence-corrected chi connectivity index (χ0v) is 11.5. The Morgan fingerprint density at radius 2 is 2.10 bits per heavy atom. The average Bonchev–Trinajstić information content (AvgIpc) is 2.83. The number of hydrogen-bond donors (Lipinski definition) is 1. The van der Waals surface area contributed by atoms with Gasteiger partial charge in [-0.3, -0.25) is 9.67 Å². The Labute approximate surface area is 116 Å². The van der Waals surface area contributed by atoms with Gasteiger partial charge in [-0.1, -0.05) is 18.2 Å². The Kier molecular flexibility index (Phi) is 3.20. The first kappa shape index (κ1) is 12.7. The second-order valence-electron chi connectivity index (χ2n) is 4.89. The average molecular weight is 268 g/mol. The smallest absolute Gasteiger partial charge is 0.138 e. The van der Waals surface area contributed by atoms with Gasteiger partial charge in [0, 0.05) is 24.5 Å². The number of aromatic nitrogens is 4. The molecular formula is C15H16N4O. The summed E-state index contributed by atoms with van der Waals surface area (Å²) < 4.78 is 1.68. The highest BCUT2D eigenvalue weighted by molar-refractivity contribution is 5.82. The summed E-state index contributed by atoms with van der Waals surface area (Å²) in [5.41, 5.74) is 2.69. The fraction of sp³-hybridized carbons (Fsp3) is 0.267. The standard InChI is InChI=1S/C15H16N4O/c1-10-7-12(11-5-3-4-6-13(11)18-10)14(20)8-15-16-9-17-19(15)2/h3-7,9,14,20H,8H2,1-2H3. The molecular weight excluding hydrogens is 252 g/mol. The number of aliphatic hydroxyl groups is 1. The van der Waals surface area contributed by atoms with E-state index in [0.717, 1.165) is 28.0 Å². The predicted octanol–water partition coefficient (Wildman–Crippen LogP) is 1.95. The maximum absolute atomic E-state index is 10.5. The Bertz CT molecular complexity index is 750. The third kappa shape index (κ3) is 2.28. The third-order valence-electron chi connectivity index (χ3n) is 3.42. The predicted molar refractivity (Wildman–Crippen MR) is 76.1 cm³/mol. The van der Waals surface area contributed by atoms with Crippen molar-refractivity contribution in [3.05, 3.63) is 53.7 Å². The Hall–Kier alpha value is -2.27. The van der Waals surface area contributed by atoms with Crippen LogP contribution in [-0.2, 0) is 13.5 Å². The summed E-state index contributed by atoms with van der Waals surface area (Å²) in [5, 5.41) is 15.5. The minimum absolute atomic E-state index is 0.434. The largest absolute Gasteiger partial charge is 0.388 e. The van der Waals surface area contributed by atoms with E-state index in [1.54, 1.807) is 4.68 Å². The van der Waals surface area contributed by atoms with Crippen molar-refractivity contribution in [2.24, 2.45) is 7.05 Å². The lowest BCUT2D eigenvalue weighted by Gasteiger charge is -2.14. The van der Waals surface area contributed by atoms with Crippen LogP contribution in [0.15, 0.2) is 36.7 Å². The van der Waals surface area contributed by atoms with Crippen molar-refractivity contribution in [1.82, 2.24) is 19.7 Å². The van der Waals surface area contributed by atoms with Crippen LogP contribution in [0.2, 0.25) is 0 Å². The van der Waals surface area contributed by atoms with Crippen LogP contribution in [0.3, 0.4) is 0 Å². The van der Waals surface area contributed by atoms with Crippen LogP contribution < -0.4 is 0 Å². The molecule has 0 saturated carbocycles. The molecule has 0 bridgehead atoms. The zero-order valence-electron chi connectivity index (χ0n) is 11.5. The zero-order chi connectivity index (χ0) is 14.1. The maximum atomic E-state index is 10.5. The van der Waals surface area contributed by atoms with Crippen molar-refractivity contribution < 1.29 is 5.11 Å². The Morgan fingerprint density at radius 1 is 1.30 bits per heavy atom. The van der Waals surface area contributed by atoms with Gasteiger partial charge in [0.1, 0.15) is 12.2 Å². The van der Waals surface area contributed by atoms with Gasteiger partial charge < -0.3 is 5.11 Å². The van der Waals surface area contributed by atoms with Gasteiger partial charge in [-0.25, -0.2) is 4.98 Å². The molecule has 1 aromatic carbocycles. The molecule has 2 heterocycles. The maximum Gasteiger partial charge on any atom is 0.138 e. The molecule has 0 aliphatic heterocycles. The van der Waals surface area contributed by atoms with Crippen molar-refractivity contribution in [3.63, 3.8) is 0 Å². The first-order valence-electron chi connectivity index (χ1n) is 6.52. The lowest BCUT2D eigenvalue weighted by Crippen LogP contribution is -2.08. The van der Waals surface area contributed by atoms with Crippen LogP contribution in [0.5, 0.6) is 0 Å². The van der Waals surface area contributed by atoms with Gasteiger partial charge in [-0.2, -0.15) is 5.10 Å². The van der Waals surface area contributed by atoms with Crippen molar-refractivity contribution in [2.75, 3.05) is 0 Å². The van der Waals surface area contributed by atoms with Gasteiger partial charge in [0.2, 0.25) is 0 Å². The van der Waals surface area contributed by atoms with E-state index in [0.29, 0.717) is 6.42 Å². The van der Waals surface area contributed by atoms with Crippen LogP contribution in [-0.4, -0.2) is 24.9 Å². The quantitative estimate of drug-likeness (QED) is 0.788. The molecule has 20 heavy (non-hydrogen) atoms. The summed E-state index contributed by atoms with van der Waals surface area (Å²) in [6.45, 7) is 1.94. The minimum atomic E-state index is -0.621. The number of aliphatic hydroxyl groups excluding tert-OH is 1. The molecule has 0 fully saturated rings. The fourth-order valence-electron chi connectivity index (χ4n) is 2.40. The second-order valence-corrected chi connectivity index (χ2v) is 4.89. The molecule has 0 aliphatic carbocycles. The van der Waals surface area contributed by atoms with E-state index >= 15 is 0 Å². The molecule has 0 saturated heterocycles. The van der Waals surface area contributed by atoms with Crippen molar-refractivity contribution in [1.29, 1.82) is 0 Å². The number of fused-ring (bicyclic) bond motifs is 1. The monoisotopic (exact) mass is 268 g/mol. The summed E-state index contributed by atoms with van der Waals surface area (Å²) in [5.74, 6) is 0.760. The molecule has 1 unspecified atom stereocenters. The van der Waals surface area contributed by atoms with Crippen LogP contribution in [0.4, 0.5) is 0 Å². The molecule has 0 radical (unpaired) electrons. The number of benzene rings is 1. The molecule has 1 N–H and O–H groups in total. The highest BCUT2D eigenvalue weighted by Crippen LogP contribution is 2.26. The molecule has 0 amide bonds. The van der Waals surface area contributed by atoms with E-state index in [2.05, 4.69) is 15.1 Å². The summed E-state index contributed by atoms with van der Waals surface area (Å²) in [6.07, 6.45) is 1.31. The van der Waals surface area contributed by atoms with Crippen LogP contribution in [0.25, 0.3) is 10.9 Å². The highest BCUT2D eigenvalue weighted by Gasteiger charge is 2.15. The lowest BCUT2D eigenvalue weighted by molar-refractivity contribution is 0.176. The van der Waals surface area contributed by atoms with Crippen LogP contribution in [0.1, 0.15) is 23.2 Å². The molecule has 2 aromatic heterocycles. The summed E-state index contributed by atoms with van der Waals surface area (Å²) >= 11 is 0. The van der Waals surface area contributed by atoms with Crippen LogP contribution in [0, 0.1) is 6.92 Å². The van der Waals surface area contributed by atoms with E-state index in [9.17, 15) is 5.11 Å². The number of pyridine rings is 1. The molecule has 5 heteroatoms. The molecule has 1 atom stereocenters. The molecule has 3 rings (SSSR count). The van der Waals surface area contributed by atoms with Gasteiger partial charge in [0.15, 0.2) is 0 Å². The topological polar surface area (TPSA) is 63.8 Å². The van der Waals surface area contributed by atoms with E-state index in [-0.39, 0.29) is 0 Å². The number of nitrogens with zero attached hydrogens (tertiary/aromatic N) is 4. The molecule has 102 valence electrons. The number of hydrogen-bond acceptors (Lipinski definition) is 4. The van der Waals surface area contributed by atoms with E-state index in [1.165, 1.54) is 6.33 Å². The summed E-state index contributed by atoms with van der Waals surface area (Å²) in [4.78, 5) is 8.65. The summed E-state index contributed by atoms with van der Waals surface area (Å²) in [6, 6.07) is 9.78. The Balaban J connectivity index is 2.03. The second kappa shape index (κ2) is 5.02. The fourth-order valence-corrected chi connectivity index (χ4v) is 2.40. The van der Waals surface area contributed by atoms with Gasteiger partial charge in [0.25, 0.3) is 0 Å². The first-order valence-corrected chi connectivity index (χ1v) is 6.52. The van der Waals surface area contributed by atoms with Crippen molar-refractivity contribution >= 4 is 10.9 Å². The molecule has 3 aromatic rings. The number of para-hydroxylation sites is 1. The van der Waals surface area contributed by atoms with Gasteiger partial charge >= 0.3 is 0 Å². The Morgan fingerprint density at radius 3 is 2.85 bits per heavy atom. The normalized spacial score (nSPS) is 12.8. The van der Waals surface area contributed by atoms with Gasteiger partial charge in [-0.15, -0.1) is 0 Å². The van der Waals surface area contributed by atoms with Gasteiger partial charge in [0.05, 0.1) is 11.6 Å². The number of rotatable bonds is 3. The van der Waals surface area contributed by atoms with Gasteiger partial charge in [-0.05, 0) is 24.6 Å². The minimum Gasteiger partial charge on any atom is -0.388 e. The van der Waals surface area contributed by atoms with E-state index in [1.807, 2.05) is 44.3 Å².